The van der Waals surface area contributed by atoms with E-state index < -0.39 is 49.3 Å². The van der Waals surface area contributed by atoms with Gasteiger partial charge in [-0.3, -0.25) is 20.7 Å². The smallest absolute Gasteiger partial charge is 0.213 e. The van der Waals surface area contributed by atoms with Crippen LogP contribution < -0.4 is 10.6 Å². The summed E-state index contributed by atoms with van der Waals surface area (Å²) in [5.41, 5.74) is 0. The van der Waals surface area contributed by atoms with Gasteiger partial charge in [-0.05, 0) is 58.4 Å². The van der Waals surface area contributed by atoms with Gasteiger partial charge in [-0.2, -0.15) is 0 Å². The summed E-state index contributed by atoms with van der Waals surface area (Å²) in [5, 5.41) is 66.0. The van der Waals surface area contributed by atoms with Gasteiger partial charge >= 0.3 is 0 Å². The summed E-state index contributed by atoms with van der Waals surface area (Å²) in [6, 6.07) is -1.12. The molecule has 1 aliphatic heterocycles. The second-order valence-electron chi connectivity index (χ2n) is 9.77. The van der Waals surface area contributed by atoms with Gasteiger partial charge in [0.15, 0.2) is 12.6 Å². The largest absolute Gasteiger partial charge is 0.394 e. The molecule has 2 fully saturated rings. The molecule has 13 heteroatoms. The van der Waals surface area contributed by atoms with Crippen LogP contribution in [0.5, 0.6) is 0 Å². The first-order valence-electron chi connectivity index (χ1n) is 13.1. The van der Waals surface area contributed by atoms with Gasteiger partial charge in [0.25, 0.3) is 0 Å². The van der Waals surface area contributed by atoms with E-state index in [-0.39, 0.29) is 24.1 Å². The van der Waals surface area contributed by atoms with Crippen molar-refractivity contribution in [3.05, 3.63) is 10.1 Å². The lowest BCUT2D eigenvalue weighted by Crippen LogP contribution is -2.59. The third-order valence-corrected chi connectivity index (χ3v) is 6.63. The second-order valence-corrected chi connectivity index (χ2v) is 9.77. The minimum atomic E-state index is -0.900. The van der Waals surface area contributed by atoms with Crippen molar-refractivity contribution in [2.24, 2.45) is 0 Å². The summed E-state index contributed by atoms with van der Waals surface area (Å²) in [4.78, 5) is 10.6. The number of aliphatic hydroxyl groups excluding tert-OH is 5. The van der Waals surface area contributed by atoms with E-state index >= 15 is 0 Å². The molecule has 0 aromatic carbocycles. The average molecular weight is 524 g/mol. The standard InChI is InChI=1S/C23H45N3O10/c1-15(28)25-22-19(29)13-18(14-27)36-23(22)34-12-4-11-24-20(30)5-2-3-6-21(31)35-17-9-7-16(8-10-17)26(32)33/h15-25,27-31H,2-14H2,1H3/t15?,16?,17?,18?,19?,20?,21?,22?,23-/m1/s1. The van der Waals surface area contributed by atoms with Crippen molar-refractivity contribution in [2.75, 3.05) is 19.8 Å². The van der Waals surface area contributed by atoms with Crippen LogP contribution in [0.15, 0.2) is 0 Å². The van der Waals surface area contributed by atoms with Gasteiger partial charge in [-0.1, -0.05) is 0 Å². The number of rotatable bonds is 17. The Balaban J connectivity index is 1.52. The van der Waals surface area contributed by atoms with Crippen LogP contribution in [0.2, 0.25) is 0 Å². The van der Waals surface area contributed by atoms with Crippen LogP contribution in [0.4, 0.5) is 0 Å². The van der Waals surface area contributed by atoms with Crippen molar-refractivity contribution in [2.45, 2.75) is 127 Å². The maximum Gasteiger partial charge on any atom is 0.213 e. The zero-order valence-electron chi connectivity index (χ0n) is 21.1. The summed E-state index contributed by atoms with van der Waals surface area (Å²) in [7, 11) is 0. The Morgan fingerprint density at radius 2 is 1.81 bits per heavy atom. The van der Waals surface area contributed by atoms with Gasteiger partial charge in [-0.25, -0.2) is 0 Å². The number of aliphatic hydroxyl groups is 5. The summed E-state index contributed by atoms with van der Waals surface area (Å²) in [6.07, 6.45) is 0.491. The highest BCUT2D eigenvalue weighted by Gasteiger charge is 2.38. The number of hydrogen-bond acceptors (Lipinski definition) is 12. The predicted molar refractivity (Wildman–Crippen MR) is 128 cm³/mol. The van der Waals surface area contributed by atoms with E-state index in [1.54, 1.807) is 0 Å². The summed E-state index contributed by atoms with van der Waals surface area (Å²) in [6.45, 7) is 2.08. The molecule has 0 aromatic heterocycles. The fraction of sp³-hybridized carbons (Fsp3) is 1.00. The van der Waals surface area contributed by atoms with E-state index in [0.29, 0.717) is 70.9 Å². The molecule has 7 atom stereocenters. The highest BCUT2D eigenvalue weighted by molar-refractivity contribution is 4.87. The monoisotopic (exact) mass is 523 g/mol. The van der Waals surface area contributed by atoms with E-state index in [1.165, 1.54) is 6.92 Å². The van der Waals surface area contributed by atoms with Crippen LogP contribution >= 0.6 is 0 Å². The SMILES string of the molecule is CC(O)NC1C(O)CC(CO)O[C@H]1OCCCNC(O)CCCCC(O)OC1CCC([N+](=O)[O-])CC1. The molecule has 13 nitrogen and oxygen atoms in total. The quantitative estimate of drug-likeness (QED) is 0.0562. The fourth-order valence-corrected chi connectivity index (χ4v) is 4.64. The molecule has 0 spiro atoms. The first-order valence-corrected chi connectivity index (χ1v) is 13.1. The first kappa shape index (κ1) is 31.2. The number of nitrogens with zero attached hydrogens (tertiary/aromatic N) is 1. The molecule has 212 valence electrons. The molecule has 1 saturated carbocycles. The minimum absolute atomic E-state index is 0.138. The molecule has 0 radical (unpaired) electrons. The maximum absolute atomic E-state index is 10.8. The molecular weight excluding hydrogens is 478 g/mol. The Labute approximate surface area is 212 Å². The van der Waals surface area contributed by atoms with Crippen molar-refractivity contribution < 1.29 is 44.7 Å². The van der Waals surface area contributed by atoms with Gasteiger partial charge < -0.3 is 39.7 Å². The van der Waals surface area contributed by atoms with E-state index in [1.807, 2.05) is 0 Å². The third-order valence-electron chi connectivity index (χ3n) is 6.63. The Morgan fingerprint density at radius 1 is 1.11 bits per heavy atom. The van der Waals surface area contributed by atoms with Gasteiger partial charge in [-0.15, -0.1) is 0 Å². The Bertz CT molecular complexity index is 609. The highest BCUT2D eigenvalue weighted by atomic mass is 16.7. The minimum Gasteiger partial charge on any atom is -0.394 e. The lowest BCUT2D eigenvalue weighted by atomic mass is 9.93. The molecule has 1 heterocycles. The van der Waals surface area contributed by atoms with E-state index in [4.69, 9.17) is 14.2 Å². The Hall–Kier alpha value is -1.00. The first-order chi connectivity index (χ1) is 17.2. The van der Waals surface area contributed by atoms with Crippen LogP contribution in [-0.2, 0) is 14.2 Å². The number of ether oxygens (including phenoxy) is 3. The van der Waals surface area contributed by atoms with Crippen LogP contribution in [0, 0.1) is 10.1 Å². The fourth-order valence-electron chi connectivity index (χ4n) is 4.64. The van der Waals surface area contributed by atoms with Crippen LogP contribution in [0.1, 0.15) is 71.1 Å². The Morgan fingerprint density at radius 3 is 2.44 bits per heavy atom. The van der Waals surface area contributed by atoms with Crippen LogP contribution in [0.3, 0.4) is 0 Å². The molecule has 7 N–H and O–H groups in total. The van der Waals surface area contributed by atoms with E-state index in [9.17, 15) is 35.6 Å². The molecule has 2 rings (SSSR count). The number of hydrogen-bond donors (Lipinski definition) is 7. The second kappa shape index (κ2) is 16.8. The van der Waals surface area contributed by atoms with Crippen molar-refractivity contribution in [3.63, 3.8) is 0 Å². The topological polar surface area (TPSA) is 196 Å². The van der Waals surface area contributed by atoms with E-state index in [2.05, 4.69) is 10.6 Å². The number of unbranched alkanes of at least 4 members (excludes halogenated alkanes) is 1. The summed E-state index contributed by atoms with van der Waals surface area (Å²) in [5.74, 6) is 0. The van der Waals surface area contributed by atoms with Crippen molar-refractivity contribution in [3.8, 4) is 0 Å². The Kier molecular flexibility index (Phi) is 14.5. The van der Waals surface area contributed by atoms with E-state index in [0.717, 1.165) is 0 Å². The van der Waals surface area contributed by atoms with Gasteiger partial charge in [0.1, 0.15) is 12.5 Å². The molecule has 1 aliphatic carbocycles. The normalized spacial score (nSPS) is 31.6. The molecule has 0 amide bonds. The maximum atomic E-state index is 10.8. The van der Waals surface area contributed by atoms with Crippen LogP contribution in [-0.4, -0.2) is 106 Å². The zero-order chi connectivity index (χ0) is 26.5. The average Bonchev–Trinajstić information content (AvgIpc) is 2.83. The summed E-state index contributed by atoms with van der Waals surface area (Å²) >= 11 is 0. The van der Waals surface area contributed by atoms with Gasteiger partial charge in [0.2, 0.25) is 6.04 Å². The molecule has 0 aromatic rings. The van der Waals surface area contributed by atoms with Crippen molar-refractivity contribution in [1.82, 2.24) is 10.6 Å². The van der Waals surface area contributed by atoms with Crippen LogP contribution in [0.25, 0.3) is 0 Å². The van der Waals surface area contributed by atoms with Crippen molar-refractivity contribution >= 4 is 0 Å². The molecular formula is C23H45N3O10. The summed E-state index contributed by atoms with van der Waals surface area (Å²) < 4.78 is 17.0. The van der Waals surface area contributed by atoms with Gasteiger partial charge in [0, 0.05) is 24.2 Å². The highest BCUT2D eigenvalue weighted by Crippen LogP contribution is 2.25. The lowest BCUT2D eigenvalue weighted by molar-refractivity contribution is -0.527. The predicted octanol–water partition coefficient (Wildman–Crippen LogP) is -0.451. The molecule has 2 aliphatic rings. The lowest BCUT2D eigenvalue weighted by Gasteiger charge is -2.40. The zero-order valence-corrected chi connectivity index (χ0v) is 21.1. The van der Waals surface area contributed by atoms with Gasteiger partial charge in [0.05, 0.1) is 37.6 Å². The molecule has 0 bridgehead atoms. The molecule has 1 saturated heterocycles. The third kappa shape index (κ3) is 11.6. The number of nitrogens with one attached hydrogen (secondary N) is 2. The molecule has 6 unspecified atom stereocenters. The molecule has 36 heavy (non-hydrogen) atoms. The number of nitro groups is 1. The van der Waals surface area contributed by atoms with Crippen molar-refractivity contribution in [1.29, 1.82) is 0 Å².